The predicted octanol–water partition coefficient (Wildman–Crippen LogP) is 2.85. The molecule has 0 fully saturated rings. The van der Waals surface area contributed by atoms with Crippen molar-refractivity contribution < 1.29 is 9.84 Å². The van der Waals surface area contributed by atoms with E-state index in [1.54, 1.807) is 7.11 Å². The van der Waals surface area contributed by atoms with Crippen molar-refractivity contribution in [3.05, 3.63) is 29.8 Å². The highest BCUT2D eigenvalue weighted by atomic mass is 32.2. The van der Waals surface area contributed by atoms with Crippen molar-refractivity contribution in [3.63, 3.8) is 0 Å². The van der Waals surface area contributed by atoms with Crippen molar-refractivity contribution in [3.8, 4) is 5.75 Å². The second-order valence-corrected chi connectivity index (χ2v) is 6.01. The molecule has 0 amide bonds. The van der Waals surface area contributed by atoms with Crippen molar-refractivity contribution in [2.75, 3.05) is 26.0 Å². The molecule has 0 aliphatic carbocycles. The normalized spacial score (nSPS) is 14.1. The molecule has 2 unspecified atom stereocenters. The summed E-state index contributed by atoms with van der Waals surface area (Å²) >= 11 is 1.89. The van der Waals surface area contributed by atoms with Gasteiger partial charge >= 0.3 is 0 Å². The van der Waals surface area contributed by atoms with Gasteiger partial charge in [0.2, 0.25) is 0 Å². The van der Waals surface area contributed by atoms with E-state index >= 15 is 0 Å². The number of aliphatic hydroxyl groups excluding tert-OH is 1. The molecule has 108 valence electrons. The van der Waals surface area contributed by atoms with E-state index in [9.17, 15) is 0 Å². The van der Waals surface area contributed by atoms with Gasteiger partial charge in [-0.1, -0.05) is 26.0 Å². The lowest BCUT2D eigenvalue weighted by molar-refractivity contribution is 0.289. The van der Waals surface area contributed by atoms with Crippen molar-refractivity contribution in [2.24, 2.45) is 0 Å². The number of ether oxygens (including phenoxy) is 1. The van der Waals surface area contributed by atoms with Gasteiger partial charge in [0.25, 0.3) is 0 Å². The van der Waals surface area contributed by atoms with E-state index in [1.165, 1.54) is 5.56 Å². The molecule has 0 bridgehead atoms. The second kappa shape index (κ2) is 9.23. The van der Waals surface area contributed by atoms with Gasteiger partial charge in [0.05, 0.1) is 7.11 Å². The Morgan fingerprint density at radius 3 is 2.84 bits per heavy atom. The largest absolute Gasteiger partial charge is 0.497 e. The lowest BCUT2D eigenvalue weighted by Crippen LogP contribution is -2.23. The molecule has 4 heteroatoms. The molecule has 0 saturated heterocycles. The number of hydrogen-bond acceptors (Lipinski definition) is 4. The molecule has 0 heterocycles. The number of hydrogen-bond donors (Lipinski definition) is 2. The predicted molar refractivity (Wildman–Crippen MR) is 83.0 cm³/mol. The number of methoxy groups -OCH3 is 1. The molecule has 1 aromatic rings. The van der Waals surface area contributed by atoms with Crippen molar-refractivity contribution in [2.45, 2.75) is 31.6 Å². The Kier molecular flexibility index (Phi) is 7.94. The summed E-state index contributed by atoms with van der Waals surface area (Å²) in [5.41, 5.74) is 1.25. The summed E-state index contributed by atoms with van der Waals surface area (Å²) in [5, 5.41) is 12.9. The molecular formula is C15H25NO2S. The third-order valence-electron chi connectivity index (χ3n) is 3.03. The van der Waals surface area contributed by atoms with Crippen LogP contribution in [0.25, 0.3) is 0 Å². The van der Waals surface area contributed by atoms with Gasteiger partial charge < -0.3 is 15.2 Å². The maximum Gasteiger partial charge on any atom is 0.119 e. The van der Waals surface area contributed by atoms with Gasteiger partial charge in [0.1, 0.15) is 5.75 Å². The van der Waals surface area contributed by atoms with E-state index in [1.807, 2.05) is 23.9 Å². The highest BCUT2D eigenvalue weighted by molar-refractivity contribution is 7.99. The number of benzene rings is 1. The SMILES string of the molecule is CCNC(CSC(C)CCO)c1cccc(OC)c1. The molecule has 0 saturated carbocycles. The van der Waals surface area contributed by atoms with Gasteiger partial charge in [0, 0.05) is 23.7 Å². The van der Waals surface area contributed by atoms with E-state index in [4.69, 9.17) is 9.84 Å². The second-order valence-electron chi connectivity index (χ2n) is 4.54. The van der Waals surface area contributed by atoms with Gasteiger partial charge in [-0.05, 0) is 30.7 Å². The maximum atomic E-state index is 8.95. The van der Waals surface area contributed by atoms with Crippen molar-refractivity contribution in [1.29, 1.82) is 0 Å². The zero-order valence-corrected chi connectivity index (χ0v) is 12.9. The first kappa shape index (κ1) is 16.3. The average Bonchev–Trinajstić information content (AvgIpc) is 2.44. The summed E-state index contributed by atoms with van der Waals surface area (Å²) in [4.78, 5) is 0. The minimum absolute atomic E-state index is 0.263. The maximum absolute atomic E-state index is 8.95. The van der Waals surface area contributed by atoms with Crippen LogP contribution in [-0.4, -0.2) is 36.4 Å². The first-order valence-electron chi connectivity index (χ1n) is 6.81. The molecule has 2 N–H and O–H groups in total. The third kappa shape index (κ3) is 5.85. The number of aliphatic hydroxyl groups is 1. The van der Waals surface area contributed by atoms with Crippen LogP contribution in [-0.2, 0) is 0 Å². The summed E-state index contributed by atoms with van der Waals surface area (Å²) in [7, 11) is 1.69. The molecule has 0 aliphatic heterocycles. The Bertz CT molecular complexity index is 360. The fourth-order valence-electron chi connectivity index (χ4n) is 1.90. The zero-order valence-electron chi connectivity index (χ0n) is 12.1. The molecule has 2 atom stereocenters. The number of rotatable bonds is 9. The van der Waals surface area contributed by atoms with E-state index < -0.39 is 0 Å². The quantitative estimate of drug-likeness (QED) is 0.731. The molecule has 0 radical (unpaired) electrons. The van der Waals surface area contributed by atoms with Crippen LogP contribution in [0.3, 0.4) is 0 Å². The van der Waals surface area contributed by atoms with E-state index in [0.717, 1.165) is 24.5 Å². The molecule has 0 spiro atoms. The Morgan fingerprint density at radius 1 is 1.42 bits per heavy atom. The summed E-state index contributed by atoms with van der Waals surface area (Å²) < 4.78 is 5.28. The average molecular weight is 283 g/mol. The van der Waals surface area contributed by atoms with Gasteiger partial charge in [-0.2, -0.15) is 11.8 Å². The molecule has 3 nitrogen and oxygen atoms in total. The van der Waals surface area contributed by atoms with E-state index in [0.29, 0.717) is 11.3 Å². The fraction of sp³-hybridized carbons (Fsp3) is 0.600. The Morgan fingerprint density at radius 2 is 2.21 bits per heavy atom. The summed E-state index contributed by atoms with van der Waals surface area (Å²) in [6, 6.07) is 8.54. The van der Waals surface area contributed by atoms with E-state index in [2.05, 4.69) is 31.3 Å². The van der Waals surface area contributed by atoms with Crippen molar-refractivity contribution >= 4 is 11.8 Å². The lowest BCUT2D eigenvalue weighted by atomic mass is 10.1. The number of thioether (sulfide) groups is 1. The summed E-state index contributed by atoms with van der Waals surface area (Å²) in [6.07, 6.45) is 0.849. The van der Waals surface area contributed by atoms with Crippen LogP contribution in [0.2, 0.25) is 0 Å². The van der Waals surface area contributed by atoms with Gasteiger partial charge in [-0.3, -0.25) is 0 Å². The van der Waals surface area contributed by atoms with Crippen LogP contribution in [0.15, 0.2) is 24.3 Å². The molecule has 0 aromatic heterocycles. The molecule has 19 heavy (non-hydrogen) atoms. The summed E-state index contributed by atoms with van der Waals surface area (Å²) in [6.45, 7) is 5.49. The van der Waals surface area contributed by atoms with Crippen molar-refractivity contribution in [1.82, 2.24) is 5.32 Å². The topological polar surface area (TPSA) is 41.5 Å². The minimum Gasteiger partial charge on any atom is -0.497 e. The standard InChI is InChI=1S/C15H25NO2S/c1-4-16-15(11-19-12(2)8-9-17)13-6-5-7-14(10-13)18-3/h5-7,10,12,15-17H,4,8-9,11H2,1-3H3. The third-order valence-corrected chi connectivity index (χ3v) is 4.36. The zero-order chi connectivity index (χ0) is 14.1. The van der Waals surface area contributed by atoms with Gasteiger partial charge in [-0.15, -0.1) is 0 Å². The van der Waals surface area contributed by atoms with Crippen LogP contribution in [0.5, 0.6) is 5.75 Å². The monoisotopic (exact) mass is 283 g/mol. The van der Waals surface area contributed by atoms with Gasteiger partial charge in [-0.25, -0.2) is 0 Å². The molecule has 0 aliphatic rings. The van der Waals surface area contributed by atoms with E-state index in [-0.39, 0.29) is 6.61 Å². The Labute approximate surface area is 120 Å². The highest BCUT2D eigenvalue weighted by Crippen LogP contribution is 2.25. The van der Waals surface area contributed by atoms with Crippen LogP contribution in [0, 0.1) is 0 Å². The summed E-state index contributed by atoms with van der Waals surface area (Å²) in [5.74, 6) is 1.90. The molecular weight excluding hydrogens is 258 g/mol. The Hall–Kier alpha value is -0.710. The lowest BCUT2D eigenvalue weighted by Gasteiger charge is -2.20. The molecule has 1 rings (SSSR count). The van der Waals surface area contributed by atoms with Gasteiger partial charge in [0.15, 0.2) is 0 Å². The van der Waals surface area contributed by atoms with Crippen LogP contribution in [0.1, 0.15) is 31.9 Å². The minimum atomic E-state index is 0.263. The first-order chi connectivity index (χ1) is 9.21. The first-order valence-corrected chi connectivity index (χ1v) is 7.85. The van der Waals surface area contributed by atoms with Crippen LogP contribution in [0.4, 0.5) is 0 Å². The van der Waals surface area contributed by atoms with Crippen LogP contribution < -0.4 is 10.1 Å². The smallest absolute Gasteiger partial charge is 0.119 e. The Balaban J connectivity index is 2.64. The fourth-order valence-corrected chi connectivity index (χ4v) is 3.01. The number of nitrogens with one attached hydrogen (secondary N) is 1. The highest BCUT2D eigenvalue weighted by Gasteiger charge is 2.13. The molecule has 1 aromatic carbocycles. The van der Waals surface area contributed by atoms with Crippen LogP contribution >= 0.6 is 11.8 Å².